The molecule has 0 saturated carbocycles. The molecule has 1 unspecified atom stereocenters. The maximum Gasteiger partial charge on any atom is 0.127 e. The van der Waals surface area contributed by atoms with Crippen molar-refractivity contribution in [3.05, 3.63) is 63.9 Å². The maximum absolute atomic E-state index is 13.8. The highest BCUT2D eigenvalue weighted by Gasteiger charge is 2.16. The first-order chi connectivity index (χ1) is 9.11. The molecule has 2 aromatic carbocycles. The van der Waals surface area contributed by atoms with Gasteiger partial charge in [0.05, 0.1) is 12.5 Å². The Labute approximate surface area is 125 Å². The van der Waals surface area contributed by atoms with Gasteiger partial charge in [0, 0.05) is 10.0 Å². The lowest BCUT2D eigenvalue weighted by atomic mass is 10.0. The molecule has 2 aromatic rings. The van der Waals surface area contributed by atoms with Crippen LogP contribution in [-0.4, -0.2) is 7.11 Å². The van der Waals surface area contributed by atoms with Gasteiger partial charge in [0.15, 0.2) is 0 Å². The monoisotopic (exact) mass is 342 g/mol. The highest BCUT2D eigenvalue weighted by Crippen LogP contribution is 2.32. The Balaban J connectivity index is 2.25. The summed E-state index contributed by atoms with van der Waals surface area (Å²) in [4.78, 5) is 0. The molecule has 0 aliphatic heterocycles. The third kappa shape index (κ3) is 3.48. The van der Waals surface area contributed by atoms with E-state index in [1.54, 1.807) is 19.2 Å². The Morgan fingerprint density at radius 1 is 1.26 bits per heavy atom. The molecule has 0 bridgehead atoms. The molecular formula is C15H13BrClFO. The molecule has 0 saturated heterocycles. The molecule has 0 amide bonds. The average Bonchev–Trinajstić information content (AvgIpc) is 2.42. The van der Waals surface area contributed by atoms with Gasteiger partial charge >= 0.3 is 0 Å². The molecule has 0 aromatic heterocycles. The van der Waals surface area contributed by atoms with Crippen LogP contribution in [0.4, 0.5) is 4.39 Å². The molecule has 0 aliphatic rings. The fourth-order valence-electron chi connectivity index (χ4n) is 1.93. The summed E-state index contributed by atoms with van der Waals surface area (Å²) in [5.41, 5.74) is 1.45. The predicted octanol–water partition coefficient (Wildman–Crippen LogP) is 5.12. The Bertz CT molecular complexity index is 574. The van der Waals surface area contributed by atoms with E-state index in [1.807, 2.05) is 24.3 Å². The molecule has 0 N–H and O–H groups in total. The SMILES string of the molecule is COc1ccccc1CC(Cl)c1cc(Br)ccc1F. The molecule has 0 spiro atoms. The van der Waals surface area contributed by atoms with Crippen LogP contribution in [0.2, 0.25) is 0 Å². The van der Waals surface area contributed by atoms with E-state index < -0.39 is 5.38 Å². The van der Waals surface area contributed by atoms with Gasteiger partial charge in [-0.1, -0.05) is 34.1 Å². The van der Waals surface area contributed by atoms with E-state index in [0.717, 1.165) is 15.8 Å². The topological polar surface area (TPSA) is 9.23 Å². The van der Waals surface area contributed by atoms with Gasteiger partial charge in [-0.05, 0) is 36.2 Å². The smallest absolute Gasteiger partial charge is 0.127 e. The van der Waals surface area contributed by atoms with Crippen molar-refractivity contribution in [1.82, 2.24) is 0 Å². The van der Waals surface area contributed by atoms with Crippen LogP contribution in [0.15, 0.2) is 46.9 Å². The number of methoxy groups -OCH3 is 1. The number of halogens is 3. The fourth-order valence-corrected chi connectivity index (χ4v) is 2.64. The van der Waals surface area contributed by atoms with Crippen molar-refractivity contribution in [1.29, 1.82) is 0 Å². The Hall–Kier alpha value is -1.06. The first kappa shape index (κ1) is 14.4. The van der Waals surface area contributed by atoms with Crippen molar-refractivity contribution in [2.75, 3.05) is 7.11 Å². The number of rotatable bonds is 4. The van der Waals surface area contributed by atoms with Crippen molar-refractivity contribution in [2.45, 2.75) is 11.8 Å². The Morgan fingerprint density at radius 3 is 2.74 bits per heavy atom. The molecule has 0 radical (unpaired) electrons. The van der Waals surface area contributed by atoms with Gasteiger partial charge in [0.2, 0.25) is 0 Å². The van der Waals surface area contributed by atoms with Crippen LogP contribution >= 0.6 is 27.5 Å². The zero-order valence-electron chi connectivity index (χ0n) is 10.4. The summed E-state index contributed by atoms with van der Waals surface area (Å²) >= 11 is 9.66. The number of hydrogen-bond donors (Lipinski definition) is 0. The standard InChI is InChI=1S/C15H13BrClFO/c1-19-15-5-3-2-4-10(15)8-13(17)12-9-11(16)6-7-14(12)18/h2-7,9,13H,8H2,1H3. The van der Waals surface area contributed by atoms with Gasteiger partial charge in [0.25, 0.3) is 0 Å². The van der Waals surface area contributed by atoms with E-state index in [2.05, 4.69) is 15.9 Å². The Morgan fingerprint density at radius 2 is 2.00 bits per heavy atom. The van der Waals surface area contributed by atoms with Crippen molar-refractivity contribution >= 4 is 27.5 Å². The second kappa shape index (κ2) is 6.40. The zero-order chi connectivity index (χ0) is 13.8. The van der Waals surface area contributed by atoms with Gasteiger partial charge in [-0.2, -0.15) is 0 Å². The quantitative estimate of drug-likeness (QED) is 0.700. The van der Waals surface area contributed by atoms with Gasteiger partial charge < -0.3 is 4.74 Å². The largest absolute Gasteiger partial charge is 0.496 e. The lowest BCUT2D eigenvalue weighted by molar-refractivity contribution is 0.409. The minimum atomic E-state index is -0.436. The van der Waals surface area contributed by atoms with Crippen LogP contribution in [0.25, 0.3) is 0 Å². The highest BCUT2D eigenvalue weighted by molar-refractivity contribution is 9.10. The van der Waals surface area contributed by atoms with Crippen molar-refractivity contribution in [2.24, 2.45) is 0 Å². The second-order valence-corrected chi connectivity index (χ2v) is 5.59. The molecular weight excluding hydrogens is 331 g/mol. The highest BCUT2D eigenvalue weighted by atomic mass is 79.9. The summed E-state index contributed by atoms with van der Waals surface area (Å²) in [6.07, 6.45) is 0.513. The summed E-state index contributed by atoms with van der Waals surface area (Å²) in [6.45, 7) is 0. The molecule has 1 atom stereocenters. The molecule has 100 valence electrons. The third-order valence-electron chi connectivity index (χ3n) is 2.89. The van der Waals surface area contributed by atoms with Crippen molar-refractivity contribution in [3.8, 4) is 5.75 Å². The van der Waals surface area contributed by atoms with E-state index in [9.17, 15) is 4.39 Å². The average molecular weight is 344 g/mol. The summed E-state index contributed by atoms with van der Waals surface area (Å²) in [5, 5.41) is -0.436. The Kier molecular flexibility index (Phi) is 4.83. The van der Waals surface area contributed by atoms with E-state index in [0.29, 0.717) is 12.0 Å². The van der Waals surface area contributed by atoms with Gasteiger partial charge in [0.1, 0.15) is 11.6 Å². The summed E-state index contributed by atoms with van der Waals surface area (Å²) in [6, 6.07) is 12.4. The number of alkyl halides is 1. The minimum Gasteiger partial charge on any atom is -0.496 e. The van der Waals surface area contributed by atoms with Crippen LogP contribution in [0.3, 0.4) is 0 Å². The number of benzene rings is 2. The third-order valence-corrected chi connectivity index (χ3v) is 3.77. The normalized spacial score (nSPS) is 12.2. The molecule has 4 heteroatoms. The molecule has 0 heterocycles. The van der Waals surface area contributed by atoms with Crippen molar-refractivity contribution < 1.29 is 9.13 Å². The van der Waals surface area contributed by atoms with Crippen LogP contribution in [-0.2, 0) is 6.42 Å². The molecule has 0 fully saturated rings. The van der Waals surface area contributed by atoms with E-state index in [1.165, 1.54) is 6.07 Å². The first-order valence-corrected chi connectivity index (χ1v) is 7.05. The number of hydrogen-bond acceptors (Lipinski definition) is 1. The maximum atomic E-state index is 13.8. The zero-order valence-corrected chi connectivity index (χ0v) is 12.7. The summed E-state index contributed by atoms with van der Waals surface area (Å²) in [7, 11) is 1.61. The lowest BCUT2D eigenvalue weighted by Gasteiger charge is -2.14. The van der Waals surface area contributed by atoms with Gasteiger partial charge in [-0.25, -0.2) is 4.39 Å². The predicted molar refractivity (Wildman–Crippen MR) is 79.4 cm³/mol. The van der Waals surface area contributed by atoms with Crippen LogP contribution < -0.4 is 4.74 Å². The van der Waals surface area contributed by atoms with E-state index in [4.69, 9.17) is 16.3 Å². The number of para-hydroxylation sites is 1. The molecule has 2 rings (SSSR count). The first-order valence-electron chi connectivity index (χ1n) is 5.82. The van der Waals surface area contributed by atoms with Crippen molar-refractivity contribution in [3.63, 3.8) is 0 Å². The lowest BCUT2D eigenvalue weighted by Crippen LogP contribution is -2.01. The van der Waals surface area contributed by atoms with E-state index in [-0.39, 0.29) is 5.82 Å². The number of ether oxygens (including phenoxy) is 1. The summed E-state index contributed by atoms with van der Waals surface area (Å²) < 4.78 is 19.9. The fraction of sp³-hybridized carbons (Fsp3) is 0.200. The van der Waals surface area contributed by atoms with Gasteiger partial charge in [-0.15, -0.1) is 11.6 Å². The summed E-state index contributed by atoms with van der Waals surface area (Å²) in [5.74, 6) is 0.474. The van der Waals surface area contributed by atoms with Crippen LogP contribution in [0.5, 0.6) is 5.75 Å². The van der Waals surface area contributed by atoms with E-state index >= 15 is 0 Å². The minimum absolute atomic E-state index is 0.293. The second-order valence-electron chi connectivity index (χ2n) is 4.15. The van der Waals surface area contributed by atoms with Crippen LogP contribution in [0.1, 0.15) is 16.5 Å². The van der Waals surface area contributed by atoms with Gasteiger partial charge in [-0.3, -0.25) is 0 Å². The van der Waals surface area contributed by atoms with Crippen LogP contribution in [0, 0.1) is 5.82 Å². The molecule has 1 nitrogen and oxygen atoms in total. The molecule has 0 aliphatic carbocycles. The molecule has 19 heavy (non-hydrogen) atoms.